The maximum atomic E-state index is 12.0. The Morgan fingerprint density at radius 3 is 2.75 bits per heavy atom. The first-order valence-corrected chi connectivity index (χ1v) is 6.23. The number of nitro benzene ring substituents is 1. The van der Waals surface area contributed by atoms with Crippen LogP contribution in [-0.2, 0) is 0 Å². The molecule has 1 amide bonds. The van der Waals surface area contributed by atoms with Gasteiger partial charge in [0.1, 0.15) is 0 Å². The number of benzene rings is 1. The van der Waals surface area contributed by atoms with Crippen molar-refractivity contribution in [3.05, 3.63) is 56.8 Å². The van der Waals surface area contributed by atoms with Gasteiger partial charge in [-0.3, -0.25) is 19.9 Å². The minimum atomic E-state index is -0.518. The number of aromatic nitrogens is 1. The van der Waals surface area contributed by atoms with Crippen LogP contribution in [0.5, 0.6) is 0 Å². The highest BCUT2D eigenvalue weighted by Crippen LogP contribution is 2.27. The minimum absolute atomic E-state index is 0.0734. The first-order chi connectivity index (χ1) is 9.49. The van der Waals surface area contributed by atoms with Gasteiger partial charge in [0.05, 0.1) is 16.2 Å². The summed E-state index contributed by atoms with van der Waals surface area (Å²) in [5.41, 5.74) is 6.54. The molecule has 0 bridgehead atoms. The van der Waals surface area contributed by atoms with Gasteiger partial charge in [-0.1, -0.05) is 0 Å². The van der Waals surface area contributed by atoms with Crippen LogP contribution in [0.15, 0.2) is 41.1 Å². The maximum absolute atomic E-state index is 12.0. The fraction of sp³-hybridized carbons (Fsp3) is 0. The number of anilines is 2. The second kappa shape index (κ2) is 5.66. The summed E-state index contributed by atoms with van der Waals surface area (Å²) >= 11 is 3.17. The van der Waals surface area contributed by atoms with E-state index >= 15 is 0 Å². The zero-order chi connectivity index (χ0) is 14.7. The molecule has 1 heterocycles. The Morgan fingerprint density at radius 1 is 1.40 bits per heavy atom. The molecule has 7 nitrogen and oxygen atoms in total. The summed E-state index contributed by atoms with van der Waals surface area (Å²) in [6.45, 7) is 0. The molecule has 0 fully saturated rings. The number of pyridine rings is 1. The number of halogens is 1. The van der Waals surface area contributed by atoms with Crippen LogP contribution in [0, 0.1) is 10.1 Å². The van der Waals surface area contributed by atoms with Crippen LogP contribution in [0.25, 0.3) is 0 Å². The van der Waals surface area contributed by atoms with Crippen LogP contribution in [0.3, 0.4) is 0 Å². The van der Waals surface area contributed by atoms with Crippen molar-refractivity contribution in [2.24, 2.45) is 0 Å². The first kappa shape index (κ1) is 13.9. The molecule has 0 aliphatic rings. The molecule has 8 heteroatoms. The van der Waals surface area contributed by atoms with Crippen LogP contribution in [-0.4, -0.2) is 15.8 Å². The maximum Gasteiger partial charge on any atom is 0.270 e. The number of amides is 1. The molecular formula is C12H9BrN4O3. The van der Waals surface area contributed by atoms with Gasteiger partial charge in [0.25, 0.3) is 11.6 Å². The van der Waals surface area contributed by atoms with E-state index in [-0.39, 0.29) is 11.3 Å². The molecule has 0 unspecified atom stereocenters. The Hall–Kier alpha value is -2.48. The van der Waals surface area contributed by atoms with Gasteiger partial charge in [-0.05, 0) is 28.1 Å². The smallest absolute Gasteiger partial charge is 0.270 e. The first-order valence-electron chi connectivity index (χ1n) is 5.44. The summed E-state index contributed by atoms with van der Waals surface area (Å²) < 4.78 is 0.405. The van der Waals surface area contributed by atoms with Gasteiger partial charge < -0.3 is 11.1 Å². The van der Waals surface area contributed by atoms with Crippen molar-refractivity contribution in [3.63, 3.8) is 0 Å². The SMILES string of the molecule is Nc1ccncc1C(=O)Nc1ccc([N+](=O)[O-])cc1Br. The lowest BCUT2D eigenvalue weighted by Crippen LogP contribution is -2.14. The number of rotatable bonds is 3. The predicted molar refractivity (Wildman–Crippen MR) is 77.4 cm³/mol. The molecule has 0 radical (unpaired) electrons. The Bertz CT molecular complexity index is 690. The fourth-order valence-corrected chi connectivity index (χ4v) is 1.97. The molecule has 2 rings (SSSR count). The van der Waals surface area contributed by atoms with E-state index in [4.69, 9.17) is 5.73 Å². The summed E-state index contributed by atoms with van der Waals surface area (Å²) in [6, 6.07) is 5.56. The number of nitrogen functional groups attached to an aromatic ring is 1. The van der Waals surface area contributed by atoms with Gasteiger partial charge in [-0.25, -0.2) is 0 Å². The van der Waals surface area contributed by atoms with Crippen molar-refractivity contribution >= 4 is 38.9 Å². The van der Waals surface area contributed by atoms with E-state index in [0.29, 0.717) is 15.8 Å². The average Bonchev–Trinajstić information content (AvgIpc) is 2.41. The second-order valence-electron chi connectivity index (χ2n) is 3.84. The van der Waals surface area contributed by atoms with Crippen molar-refractivity contribution in [2.45, 2.75) is 0 Å². The van der Waals surface area contributed by atoms with Crippen LogP contribution >= 0.6 is 15.9 Å². The third kappa shape index (κ3) is 2.91. The lowest BCUT2D eigenvalue weighted by molar-refractivity contribution is -0.384. The lowest BCUT2D eigenvalue weighted by Gasteiger charge is -2.08. The van der Waals surface area contributed by atoms with E-state index in [1.165, 1.54) is 36.7 Å². The van der Waals surface area contributed by atoms with Crippen molar-refractivity contribution in [2.75, 3.05) is 11.1 Å². The summed E-state index contributed by atoms with van der Waals surface area (Å²) in [6.07, 6.45) is 2.83. The summed E-state index contributed by atoms with van der Waals surface area (Å²) in [7, 11) is 0. The monoisotopic (exact) mass is 336 g/mol. The average molecular weight is 337 g/mol. The van der Waals surface area contributed by atoms with Crippen molar-refractivity contribution in [1.29, 1.82) is 0 Å². The van der Waals surface area contributed by atoms with Crippen molar-refractivity contribution < 1.29 is 9.72 Å². The van der Waals surface area contributed by atoms with Crippen LogP contribution < -0.4 is 11.1 Å². The molecule has 0 spiro atoms. The molecule has 0 aliphatic carbocycles. The Labute approximate surface area is 122 Å². The predicted octanol–water partition coefficient (Wildman–Crippen LogP) is 2.59. The van der Waals surface area contributed by atoms with E-state index < -0.39 is 10.8 Å². The number of nitrogens with zero attached hydrogens (tertiary/aromatic N) is 2. The number of hydrogen-bond donors (Lipinski definition) is 2. The Balaban J connectivity index is 2.25. The van der Waals surface area contributed by atoms with Crippen LogP contribution in [0.2, 0.25) is 0 Å². The Morgan fingerprint density at radius 2 is 2.15 bits per heavy atom. The standard InChI is InChI=1S/C12H9BrN4O3/c13-9-5-7(17(19)20)1-2-11(9)16-12(18)8-6-15-4-3-10(8)14/h1-6H,(H2,14,15)(H,16,18). The third-order valence-corrected chi connectivity index (χ3v) is 3.17. The van der Waals surface area contributed by atoms with E-state index in [2.05, 4.69) is 26.2 Å². The van der Waals surface area contributed by atoms with Gasteiger partial charge >= 0.3 is 0 Å². The largest absolute Gasteiger partial charge is 0.398 e. The topological polar surface area (TPSA) is 111 Å². The molecule has 2 aromatic rings. The molecule has 102 valence electrons. The quantitative estimate of drug-likeness (QED) is 0.660. The molecule has 1 aromatic heterocycles. The molecule has 0 saturated carbocycles. The summed E-state index contributed by atoms with van der Waals surface area (Å²) in [4.78, 5) is 26.0. The number of carbonyl (C=O) groups excluding carboxylic acids is 1. The molecular weight excluding hydrogens is 328 g/mol. The molecule has 0 aliphatic heterocycles. The van der Waals surface area contributed by atoms with Crippen molar-refractivity contribution in [1.82, 2.24) is 4.98 Å². The highest BCUT2D eigenvalue weighted by molar-refractivity contribution is 9.10. The highest BCUT2D eigenvalue weighted by Gasteiger charge is 2.14. The molecule has 0 atom stereocenters. The van der Waals surface area contributed by atoms with Crippen LogP contribution in [0.4, 0.5) is 17.1 Å². The minimum Gasteiger partial charge on any atom is -0.398 e. The van der Waals surface area contributed by atoms with Crippen LogP contribution in [0.1, 0.15) is 10.4 Å². The summed E-state index contributed by atoms with van der Waals surface area (Å²) in [5, 5.41) is 13.2. The van der Waals surface area contributed by atoms with E-state index in [1.54, 1.807) is 0 Å². The Kier molecular flexibility index (Phi) is 3.94. The second-order valence-corrected chi connectivity index (χ2v) is 4.69. The molecule has 0 saturated heterocycles. The molecule has 20 heavy (non-hydrogen) atoms. The number of nitrogens with two attached hydrogens (primary N) is 1. The van der Waals surface area contributed by atoms with Crippen molar-refractivity contribution in [3.8, 4) is 0 Å². The number of nitro groups is 1. The third-order valence-electron chi connectivity index (χ3n) is 2.51. The van der Waals surface area contributed by atoms with Gasteiger partial charge in [0, 0.05) is 34.7 Å². The van der Waals surface area contributed by atoms with E-state index in [0.717, 1.165) is 0 Å². The van der Waals surface area contributed by atoms with Gasteiger partial charge in [0.2, 0.25) is 0 Å². The molecule has 1 aromatic carbocycles. The lowest BCUT2D eigenvalue weighted by atomic mass is 10.2. The zero-order valence-electron chi connectivity index (χ0n) is 10.0. The number of hydrogen-bond acceptors (Lipinski definition) is 5. The molecule has 3 N–H and O–H groups in total. The summed E-state index contributed by atoms with van der Waals surface area (Å²) in [5.74, 6) is -0.440. The number of carbonyl (C=O) groups is 1. The number of nitrogens with one attached hydrogen (secondary N) is 1. The van der Waals surface area contributed by atoms with Gasteiger partial charge in [-0.15, -0.1) is 0 Å². The van der Waals surface area contributed by atoms with E-state index in [1.807, 2.05) is 0 Å². The van der Waals surface area contributed by atoms with Gasteiger partial charge in [0.15, 0.2) is 0 Å². The normalized spacial score (nSPS) is 10.1. The van der Waals surface area contributed by atoms with E-state index in [9.17, 15) is 14.9 Å². The zero-order valence-corrected chi connectivity index (χ0v) is 11.6. The highest BCUT2D eigenvalue weighted by atomic mass is 79.9. The number of non-ortho nitro benzene ring substituents is 1. The fourth-order valence-electron chi connectivity index (χ4n) is 1.50. The van der Waals surface area contributed by atoms with Gasteiger partial charge in [-0.2, -0.15) is 0 Å².